The van der Waals surface area contributed by atoms with Crippen molar-refractivity contribution >= 4 is 55.3 Å². The molecule has 1 aliphatic heterocycles. The smallest absolute Gasteiger partial charge is 0.329 e. The molecular formula is C23H16Br2N2O3. The van der Waals surface area contributed by atoms with E-state index in [1.807, 2.05) is 6.07 Å². The van der Waals surface area contributed by atoms with E-state index in [2.05, 4.69) is 37.2 Å². The number of urea groups is 1. The Hall–Kier alpha value is -2.77. The van der Waals surface area contributed by atoms with Crippen molar-refractivity contribution in [3.8, 4) is 0 Å². The molecule has 2 atom stereocenters. The highest BCUT2D eigenvalue weighted by Gasteiger charge is 2.46. The van der Waals surface area contributed by atoms with Crippen LogP contribution < -0.4 is 10.2 Å². The largest absolute Gasteiger partial charge is 0.329 e. The number of nitrogens with one attached hydrogen (secondary N) is 1. The molecule has 30 heavy (non-hydrogen) atoms. The minimum atomic E-state index is -1.10. The Bertz CT molecular complexity index is 1120. The summed E-state index contributed by atoms with van der Waals surface area (Å²) in [4.78, 5) is 40.9. The molecule has 1 aliphatic rings. The number of para-hydroxylation sites is 1. The topological polar surface area (TPSA) is 66.5 Å². The van der Waals surface area contributed by atoms with Gasteiger partial charge in [-0.3, -0.25) is 9.59 Å². The molecule has 0 spiro atoms. The first-order valence-electron chi connectivity index (χ1n) is 9.20. The third kappa shape index (κ3) is 3.95. The van der Waals surface area contributed by atoms with E-state index in [-0.39, 0.29) is 5.78 Å². The number of benzene rings is 3. The average molecular weight is 528 g/mol. The van der Waals surface area contributed by atoms with Gasteiger partial charge in [0, 0.05) is 14.5 Å². The van der Waals surface area contributed by atoms with Crippen LogP contribution in [0.5, 0.6) is 0 Å². The second-order valence-corrected chi connectivity index (χ2v) is 8.67. The maximum atomic E-state index is 13.5. The number of carbonyl (C=O) groups excluding carboxylic acids is 3. The van der Waals surface area contributed by atoms with Crippen molar-refractivity contribution in [2.45, 2.75) is 6.04 Å². The molecule has 3 aromatic rings. The minimum Gasteiger partial charge on any atom is -0.329 e. The summed E-state index contributed by atoms with van der Waals surface area (Å²) in [6.07, 6.45) is 0. The molecule has 0 bridgehead atoms. The summed E-state index contributed by atoms with van der Waals surface area (Å²) in [6, 6.07) is 21.4. The molecule has 0 unspecified atom stereocenters. The van der Waals surface area contributed by atoms with Crippen LogP contribution in [0.15, 0.2) is 87.8 Å². The first kappa shape index (κ1) is 20.5. The number of imide groups is 1. The highest BCUT2D eigenvalue weighted by Crippen LogP contribution is 2.34. The second-order valence-electron chi connectivity index (χ2n) is 6.84. The van der Waals surface area contributed by atoms with E-state index in [0.29, 0.717) is 16.8 Å². The van der Waals surface area contributed by atoms with Gasteiger partial charge >= 0.3 is 6.03 Å². The van der Waals surface area contributed by atoms with Crippen molar-refractivity contribution in [2.75, 3.05) is 4.90 Å². The summed E-state index contributed by atoms with van der Waals surface area (Å²) in [7, 11) is 0. The lowest BCUT2D eigenvalue weighted by Crippen LogP contribution is -2.58. The lowest BCUT2D eigenvalue weighted by atomic mass is 9.84. The van der Waals surface area contributed by atoms with E-state index in [9.17, 15) is 14.4 Å². The lowest BCUT2D eigenvalue weighted by Gasteiger charge is -2.37. The van der Waals surface area contributed by atoms with E-state index in [1.165, 1.54) is 0 Å². The highest BCUT2D eigenvalue weighted by molar-refractivity contribution is 9.10. The molecule has 5 nitrogen and oxygen atoms in total. The van der Waals surface area contributed by atoms with Gasteiger partial charge < -0.3 is 5.32 Å². The predicted octanol–water partition coefficient (Wildman–Crippen LogP) is 5.51. The molecular weight excluding hydrogens is 512 g/mol. The Balaban J connectivity index is 1.80. The summed E-state index contributed by atoms with van der Waals surface area (Å²) < 4.78 is 1.62. The van der Waals surface area contributed by atoms with Crippen molar-refractivity contribution in [3.63, 3.8) is 0 Å². The predicted molar refractivity (Wildman–Crippen MR) is 121 cm³/mol. The van der Waals surface area contributed by atoms with Gasteiger partial charge in [0.25, 0.3) is 0 Å². The van der Waals surface area contributed by atoms with Crippen LogP contribution in [0.1, 0.15) is 22.0 Å². The van der Waals surface area contributed by atoms with Crippen LogP contribution in [0, 0.1) is 5.92 Å². The number of amides is 3. The van der Waals surface area contributed by atoms with Gasteiger partial charge in [-0.1, -0.05) is 74.3 Å². The number of anilines is 1. The molecule has 0 radical (unpaired) electrons. The standard InChI is InChI=1S/C23H16Br2N2O3/c24-16-11-9-14(10-12-16)21(28)19-20(15-5-4-6-17(25)13-15)26-23(30)27(22(19)29)18-7-2-1-3-8-18/h1-13,19-20H,(H,26,30)/t19-,20-/m0/s1. The Labute approximate surface area is 190 Å². The van der Waals surface area contributed by atoms with Crippen molar-refractivity contribution in [1.29, 1.82) is 0 Å². The number of Topliss-reactive ketones (excluding diaryl/α,β-unsaturated/α-hetero) is 1. The van der Waals surface area contributed by atoms with Crippen molar-refractivity contribution in [1.82, 2.24) is 5.32 Å². The SMILES string of the molecule is O=C(c1ccc(Br)cc1)[C@H]1C(=O)N(c2ccccc2)C(=O)N[C@H]1c1cccc(Br)c1. The van der Waals surface area contributed by atoms with Crippen molar-refractivity contribution in [3.05, 3.63) is 98.9 Å². The van der Waals surface area contributed by atoms with E-state index >= 15 is 0 Å². The normalized spacial score (nSPS) is 18.8. The van der Waals surface area contributed by atoms with Gasteiger partial charge in [0.15, 0.2) is 5.78 Å². The van der Waals surface area contributed by atoms with Crippen molar-refractivity contribution in [2.24, 2.45) is 5.92 Å². The lowest BCUT2D eigenvalue weighted by molar-refractivity contribution is -0.121. The van der Waals surface area contributed by atoms with Crippen LogP contribution in [0.3, 0.4) is 0 Å². The summed E-state index contributed by atoms with van der Waals surface area (Å²) in [5.74, 6) is -2.00. The number of ketones is 1. The monoisotopic (exact) mass is 526 g/mol. The van der Waals surface area contributed by atoms with Crippen LogP contribution in [-0.2, 0) is 4.79 Å². The molecule has 0 saturated carbocycles. The number of nitrogens with zero attached hydrogens (tertiary/aromatic N) is 1. The quantitative estimate of drug-likeness (QED) is 0.359. The first-order valence-corrected chi connectivity index (χ1v) is 10.8. The fourth-order valence-corrected chi connectivity index (χ4v) is 4.20. The molecule has 1 N–H and O–H groups in total. The summed E-state index contributed by atoms with van der Waals surface area (Å²) in [5, 5.41) is 2.87. The summed E-state index contributed by atoms with van der Waals surface area (Å²) in [6.45, 7) is 0. The molecule has 3 amide bonds. The Morgan fingerprint density at radius 1 is 0.833 bits per heavy atom. The number of hydrogen-bond acceptors (Lipinski definition) is 3. The van der Waals surface area contributed by atoms with Gasteiger partial charge in [-0.15, -0.1) is 0 Å². The van der Waals surface area contributed by atoms with Gasteiger partial charge in [-0.25, -0.2) is 9.69 Å². The second kappa shape index (κ2) is 8.53. The van der Waals surface area contributed by atoms with Crippen LogP contribution in [0.25, 0.3) is 0 Å². The first-order chi connectivity index (χ1) is 14.5. The van der Waals surface area contributed by atoms with E-state index in [0.717, 1.165) is 13.8 Å². The minimum absolute atomic E-state index is 0.349. The van der Waals surface area contributed by atoms with Crippen LogP contribution in [-0.4, -0.2) is 17.7 Å². The maximum Gasteiger partial charge on any atom is 0.329 e. The summed E-state index contributed by atoms with van der Waals surface area (Å²) >= 11 is 6.78. The highest BCUT2D eigenvalue weighted by atomic mass is 79.9. The van der Waals surface area contributed by atoms with Gasteiger partial charge in [-0.05, 0) is 42.0 Å². The third-order valence-electron chi connectivity index (χ3n) is 4.94. The molecule has 3 aromatic carbocycles. The molecule has 150 valence electrons. The summed E-state index contributed by atoms with van der Waals surface area (Å²) in [5.41, 5.74) is 1.50. The van der Waals surface area contributed by atoms with E-state index < -0.39 is 23.9 Å². The zero-order valence-corrected chi connectivity index (χ0v) is 18.8. The number of rotatable bonds is 4. The van der Waals surface area contributed by atoms with Crippen molar-refractivity contribution < 1.29 is 14.4 Å². The molecule has 0 aliphatic carbocycles. The number of halogens is 2. The molecule has 0 aromatic heterocycles. The fraction of sp³-hybridized carbons (Fsp3) is 0.0870. The van der Waals surface area contributed by atoms with Crippen LogP contribution in [0.4, 0.5) is 10.5 Å². The Morgan fingerprint density at radius 2 is 1.53 bits per heavy atom. The maximum absolute atomic E-state index is 13.5. The average Bonchev–Trinajstić information content (AvgIpc) is 2.74. The number of hydrogen-bond donors (Lipinski definition) is 1. The number of carbonyl (C=O) groups is 3. The zero-order chi connectivity index (χ0) is 21.3. The molecule has 1 fully saturated rings. The Morgan fingerprint density at radius 3 is 2.20 bits per heavy atom. The van der Waals surface area contributed by atoms with Gasteiger partial charge in [0.2, 0.25) is 5.91 Å². The molecule has 1 heterocycles. The van der Waals surface area contributed by atoms with Crippen LogP contribution in [0.2, 0.25) is 0 Å². The Kier molecular flexibility index (Phi) is 5.83. The van der Waals surface area contributed by atoms with Gasteiger partial charge in [-0.2, -0.15) is 0 Å². The van der Waals surface area contributed by atoms with Gasteiger partial charge in [0.05, 0.1) is 11.7 Å². The third-order valence-corrected chi connectivity index (χ3v) is 5.96. The van der Waals surface area contributed by atoms with E-state index in [1.54, 1.807) is 72.8 Å². The van der Waals surface area contributed by atoms with Crippen LogP contribution >= 0.6 is 31.9 Å². The van der Waals surface area contributed by atoms with Gasteiger partial charge in [0.1, 0.15) is 5.92 Å². The van der Waals surface area contributed by atoms with E-state index in [4.69, 9.17) is 0 Å². The molecule has 1 saturated heterocycles. The molecule has 4 rings (SSSR count). The zero-order valence-electron chi connectivity index (χ0n) is 15.6. The molecule has 7 heteroatoms. The fourth-order valence-electron chi connectivity index (χ4n) is 3.52.